The quantitative estimate of drug-likeness (QED) is 0.693. The molecule has 1 aliphatic rings. The Balaban J connectivity index is 2.33. The molecule has 1 aromatic rings. The Hall–Kier alpha value is -1.90. The fourth-order valence-corrected chi connectivity index (χ4v) is 4.99. The van der Waals surface area contributed by atoms with E-state index < -0.39 is 37.3 Å². The van der Waals surface area contributed by atoms with Crippen LogP contribution in [0.25, 0.3) is 0 Å². The third kappa shape index (κ3) is 4.63. The van der Waals surface area contributed by atoms with Crippen LogP contribution in [-0.2, 0) is 20.6 Å². The molecule has 3 atom stereocenters. The molecular weight excluding hydrogens is 374 g/mol. The summed E-state index contributed by atoms with van der Waals surface area (Å²) in [4.78, 5) is 35.7. The predicted molar refractivity (Wildman–Crippen MR) is 84.7 cm³/mol. The standard InChI is InChI=1S/C15H19F3N3O4P/c16-15(17,18)14(23)20-12(9-10-5-2-1-3-6-10)26(24,25)21-8-4-7-11(21)13(19)22/h1-3,5-6,11-12H,4,7-9H2,(H2,19,22)(H,20,23)(H,24,25)/p-1/t11-,12?/m0/s1. The van der Waals surface area contributed by atoms with Crippen molar-refractivity contribution in [2.75, 3.05) is 6.54 Å². The first-order chi connectivity index (χ1) is 12.0. The molecule has 2 unspecified atom stereocenters. The number of nitrogens with zero attached hydrogens (tertiary/aromatic N) is 1. The molecule has 1 aliphatic heterocycles. The Bertz CT molecular complexity index is 714. The molecule has 1 aromatic carbocycles. The molecule has 0 radical (unpaired) electrons. The first-order valence-corrected chi connectivity index (χ1v) is 9.47. The van der Waals surface area contributed by atoms with Gasteiger partial charge in [0, 0.05) is 6.54 Å². The van der Waals surface area contributed by atoms with Crippen molar-refractivity contribution in [1.82, 2.24) is 9.99 Å². The summed E-state index contributed by atoms with van der Waals surface area (Å²) < 4.78 is 51.6. The minimum absolute atomic E-state index is 0.0401. The second-order valence-electron chi connectivity index (χ2n) is 5.96. The average molecular weight is 392 g/mol. The number of nitrogens with one attached hydrogen (secondary N) is 1. The summed E-state index contributed by atoms with van der Waals surface area (Å²) in [6.07, 6.45) is -5.06. The van der Waals surface area contributed by atoms with Crippen LogP contribution in [0.3, 0.4) is 0 Å². The van der Waals surface area contributed by atoms with Crippen LogP contribution in [0.15, 0.2) is 30.3 Å². The Morgan fingerprint density at radius 2 is 1.96 bits per heavy atom. The van der Waals surface area contributed by atoms with Crippen LogP contribution in [0.5, 0.6) is 0 Å². The Morgan fingerprint density at radius 3 is 2.50 bits per heavy atom. The maximum atomic E-state index is 12.9. The van der Waals surface area contributed by atoms with Crippen molar-refractivity contribution < 1.29 is 32.2 Å². The van der Waals surface area contributed by atoms with E-state index in [0.717, 1.165) is 4.67 Å². The number of halogens is 3. The summed E-state index contributed by atoms with van der Waals surface area (Å²) in [5.74, 6) is -5.08. The second-order valence-corrected chi connectivity index (χ2v) is 8.23. The van der Waals surface area contributed by atoms with E-state index in [4.69, 9.17) is 5.73 Å². The number of nitrogens with two attached hydrogens (primary N) is 1. The smallest absolute Gasteiger partial charge is 0.471 e. The summed E-state index contributed by atoms with van der Waals surface area (Å²) in [5, 5.41) is 1.55. The number of carbonyl (C=O) groups is 2. The molecule has 26 heavy (non-hydrogen) atoms. The summed E-state index contributed by atoms with van der Waals surface area (Å²) in [6.45, 7) is -0.0401. The number of amides is 2. The van der Waals surface area contributed by atoms with Crippen molar-refractivity contribution in [1.29, 1.82) is 0 Å². The number of hydrogen-bond donors (Lipinski definition) is 2. The topological polar surface area (TPSA) is 116 Å². The van der Waals surface area contributed by atoms with Crippen molar-refractivity contribution in [2.45, 2.75) is 37.3 Å². The van der Waals surface area contributed by atoms with Crippen LogP contribution in [0.2, 0.25) is 0 Å². The zero-order valence-electron chi connectivity index (χ0n) is 13.6. The van der Waals surface area contributed by atoms with E-state index in [9.17, 15) is 32.2 Å². The number of rotatable bonds is 6. The minimum atomic E-state index is -5.23. The fourth-order valence-electron chi connectivity index (χ4n) is 2.87. The molecule has 0 aromatic heterocycles. The molecule has 7 nitrogen and oxygen atoms in total. The molecule has 2 amide bonds. The molecule has 3 N–H and O–H groups in total. The Morgan fingerprint density at radius 1 is 1.35 bits per heavy atom. The molecule has 1 saturated heterocycles. The highest BCUT2D eigenvalue weighted by Gasteiger charge is 2.44. The lowest BCUT2D eigenvalue weighted by Crippen LogP contribution is -2.50. The highest BCUT2D eigenvalue weighted by Crippen LogP contribution is 2.50. The van der Waals surface area contributed by atoms with E-state index in [0.29, 0.717) is 12.0 Å². The lowest BCUT2D eigenvalue weighted by Gasteiger charge is -2.42. The van der Waals surface area contributed by atoms with Crippen molar-refractivity contribution in [2.24, 2.45) is 5.73 Å². The van der Waals surface area contributed by atoms with Crippen LogP contribution in [0.1, 0.15) is 18.4 Å². The van der Waals surface area contributed by atoms with Gasteiger partial charge in [-0.1, -0.05) is 30.3 Å². The van der Waals surface area contributed by atoms with Crippen LogP contribution < -0.4 is 15.9 Å². The maximum Gasteiger partial charge on any atom is 0.471 e. The van der Waals surface area contributed by atoms with Gasteiger partial charge in [0.2, 0.25) is 5.91 Å². The van der Waals surface area contributed by atoms with E-state index in [1.807, 2.05) is 0 Å². The van der Waals surface area contributed by atoms with Gasteiger partial charge < -0.3 is 20.5 Å². The van der Waals surface area contributed by atoms with Gasteiger partial charge in [0.15, 0.2) is 0 Å². The van der Waals surface area contributed by atoms with Gasteiger partial charge in [-0.15, -0.1) is 0 Å². The summed E-state index contributed by atoms with van der Waals surface area (Å²) in [5.41, 5.74) is 5.62. The van der Waals surface area contributed by atoms with Crippen LogP contribution in [-0.4, -0.2) is 41.0 Å². The first kappa shape index (κ1) is 20.4. The van der Waals surface area contributed by atoms with Gasteiger partial charge >= 0.3 is 12.1 Å². The zero-order valence-corrected chi connectivity index (χ0v) is 14.5. The van der Waals surface area contributed by atoms with Crippen molar-refractivity contribution in [3.63, 3.8) is 0 Å². The number of carbonyl (C=O) groups excluding carboxylic acids is 2. The minimum Gasteiger partial charge on any atom is -0.786 e. The molecule has 11 heteroatoms. The Kier molecular flexibility index (Phi) is 6.10. The van der Waals surface area contributed by atoms with Gasteiger partial charge in [0.25, 0.3) is 0 Å². The third-order valence-corrected chi connectivity index (χ3v) is 6.43. The predicted octanol–water partition coefficient (Wildman–Crippen LogP) is 0.737. The molecule has 2 rings (SSSR count). The van der Waals surface area contributed by atoms with E-state index in [-0.39, 0.29) is 19.4 Å². The van der Waals surface area contributed by atoms with Gasteiger partial charge in [-0.2, -0.15) is 13.2 Å². The molecule has 1 heterocycles. The van der Waals surface area contributed by atoms with E-state index >= 15 is 0 Å². The number of benzene rings is 1. The van der Waals surface area contributed by atoms with Crippen molar-refractivity contribution in [3.05, 3.63) is 35.9 Å². The van der Waals surface area contributed by atoms with Gasteiger partial charge in [-0.05, 0) is 24.8 Å². The van der Waals surface area contributed by atoms with Gasteiger partial charge in [-0.3, -0.25) is 14.3 Å². The number of alkyl halides is 3. The van der Waals surface area contributed by atoms with Crippen LogP contribution >= 0.6 is 7.52 Å². The van der Waals surface area contributed by atoms with Crippen LogP contribution in [0.4, 0.5) is 13.2 Å². The molecular formula is C15H18F3N3O4P-. The van der Waals surface area contributed by atoms with E-state index in [1.54, 1.807) is 23.5 Å². The monoisotopic (exact) mass is 392 g/mol. The number of hydrogen-bond acceptors (Lipinski definition) is 4. The fraction of sp³-hybridized carbons (Fsp3) is 0.467. The lowest BCUT2D eigenvalue weighted by atomic mass is 10.1. The molecule has 0 bridgehead atoms. The maximum absolute atomic E-state index is 12.9. The largest absolute Gasteiger partial charge is 0.786 e. The third-order valence-electron chi connectivity index (χ3n) is 4.13. The SMILES string of the molecule is NC(=O)[C@@H]1CCCN1P(=O)([O-])C(Cc1ccccc1)NC(=O)C(F)(F)F. The molecule has 1 fully saturated rings. The zero-order chi connectivity index (χ0) is 19.5. The van der Waals surface area contributed by atoms with E-state index in [1.165, 1.54) is 12.1 Å². The molecule has 144 valence electrons. The highest BCUT2D eigenvalue weighted by molar-refractivity contribution is 7.54. The average Bonchev–Trinajstić information content (AvgIpc) is 3.05. The number of primary amides is 1. The molecule has 0 aliphatic carbocycles. The van der Waals surface area contributed by atoms with Gasteiger partial charge in [0.1, 0.15) is 7.52 Å². The summed E-state index contributed by atoms with van der Waals surface area (Å²) in [7, 11) is -4.80. The van der Waals surface area contributed by atoms with Gasteiger partial charge in [0.05, 0.1) is 11.8 Å². The first-order valence-electron chi connectivity index (χ1n) is 7.82. The lowest BCUT2D eigenvalue weighted by molar-refractivity contribution is -0.194. The van der Waals surface area contributed by atoms with E-state index in [2.05, 4.69) is 0 Å². The second kappa shape index (κ2) is 7.77. The van der Waals surface area contributed by atoms with Gasteiger partial charge in [-0.25, -0.2) is 0 Å². The molecule has 0 saturated carbocycles. The summed E-state index contributed by atoms with van der Waals surface area (Å²) in [6, 6.07) is 6.78. The highest BCUT2D eigenvalue weighted by atomic mass is 31.2. The normalized spacial score (nSPS) is 21.8. The van der Waals surface area contributed by atoms with Crippen LogP contribution in [0, 0.1) is 0 Å². The van der Waals surface area contributed by atoms with Crippen molar-refractivity contribution >= 4 is 19.3 Å². The Labute approximate surface area is 147 Å². The van der Waals surface area contributed by atoms with Crippen molar-refractivity contribution in [3.8, 4) is 0 Å². The molecule has 0 spiro atoms. The summed E-state index contributed by atoms with van der Waals surface area (Å²) >= 11 is 0.